The number of aliphatic imine (C=N–C) groups is 1. The first kappa shape index (κ1) is 27.2. The smallest absolute Gasteiger partial charge is 0.407 e. The molecule has 0 aliphatic heterocycles. The van der Waals surface area contributed by atoms with Crippen LogP contribution in [0.25, 0.3) is 0 Å². The summed E-state index contributed by atoms with van der Waals surface area (Å²) >= 11 is 0. The maximum atomic E-state index is 11.8. The normalized spacial score (nSPS) is 17.0. The highest BCUT2D eigenvalue weighted by Crippen LogP contribution is 2.40. The third kappa shape index (κ3) is 10.7. The fraction of sp³-hybridized carbons (Fsp3) is 0.900. The van der Waals surface area contributed by atoms with Gasteiger partial charge in [0.1, 0.15) is 0 Å². The zero-order valence-electron chi connectivity index (χ0n) is 18.3. The third-order valence-corrected chi connectivity index (χ3v) is 5.22. The SMILES string of the molecule is CCOC(=O)NC(CNC(=NC)NCC1(CCOC)CCCC1)CC(C)C.I. The Bertz CT molecular complexity index is 455. The number of methoxy groups -OCH3 is 1. The average Bonchev–Trinajstić information content (AvgIpc) is 3.09. The summed E-state index contributed by atoms with van der Waals surface area (Å²) in [6.45, 7) is 8.79. The number of hydrogen-bond donors (Lipinski definition) is 3. The summed E-state index contributed by atoms with van der Waals surface area (Å²) in [5.41, 5.74) is 0.300. The molecule has 1 fully saturated rings. The van der Waals surface area contributed by atoms with Crippen molar-refractivity contribution < 1.29 is 14.3 Å². The maximum Gasteiger partial charge on any atom is 0.407 e. The lowest BCUT2D eigenvalue weighted by atomic mass is 9.83. The Hall–Kier alpha value is -0.770. The van der Waals surface area contributed by atoms with Crippen LogP contribution in [-0.4, -0.2) is 58.6 Å². The van der Waals surface area contributed by atoms with Crippen LogP contribution in [0.5, 0.6) is 0 Å². The van der Waals surface area contributed by atoms with Gasteiger partial charge in [-0.15, -0.1) is 24.0 Å². The van der Waals surface area contributed by atoms with Crippen molar-refractivity contribution in [1.29, 1.82) is 0 Å². The first-order valence-electron chi connectivity index (χ1n) is 10.3. The monoisotopic (exact) mass is 512 g/mol. The molecule has 1 unspecified atom stereocenters. The summed E-state index contributed by atoms with van der Waals surface area (Å²) in [5.74, 6) is 1.25. The van der Waals surface area contributed by atoms with E-state index in [0.717, 1.165) is 32.0 Å². The van der Waals surface area contributed by atoms with Gasteiger partial charge in [-0.25, -0.2) is 4.79 Å². The van der Waals surface area contributed by atoms with E-state index < -0.39 is 0 Å². The van der Waals surface area contributed by atoms with Gasteiger partial charge < -0.3 is 25.4 Å². The molecule has 1 amide bonds. The van der Waals surface area contributed by atoms with Gasteiger partial charge in [0.15, 0.2) is 5.96 Å². The second-order valence-corrected chi connectivity index (χ2v) is 7.95. The number of nitrogens with zero attached hydrogens (tertiary/aromatic N) is 1. The molecule has 0 radical (unpaired) electrons. The van der Waals surface area contributed by atoms with Crippen LogP contribution in [0.3, 0.4) is 0 Å². The highest BCUT2D eigenvalue weighted by molar-refractivity contribution is 14.0. The topological polar surface area (TPSA) is 84.0 Å². The summed E-state index contributed by atoms with van der Waals surface area (Å²) in [5, 5.41) is 9.78. The maximum absolute atomic E-state index is 11.8. The molecule has 7 nitrogen and oxygen atoms in total. The van der Waals surface area contributed by atoms with Crippen molar-refractivity contribution in [3.63, 3.8) is 0 Å². The molecule has 166 valence electrons. The quantitative estimate of drug-likeness (QED) is 0.224. The van der Waals surface area contributed by atoms with Crippen LogP contribution in [-0.2, 0) is 9.47 Å². The summed E-state index contributed by atoms with van der Waals surface area (Å²) in [4.78, 5) is 16.1. The number of alkyl carbamates (subject to hydrolysis) is 1. The Kier molecular flexibility index (Phi) is 14.7. The van der Waals surface area contributed by atoms with E-state index in [4.69, 9.17) is 9.47 Å². The molecule has 1 saturated carbocycles. The zero-order valence-corrected chi connectivity index (χ0v) is 20.6. The number of carbonyl (C=O) groups excluding carboxylic acids is 1. The number of rotatable bonds is 11. The minimum atomic E-state index is -0.364. The van der Waals surface area contributed by atoms with E-state index in [9.17, 15) is 4.79 Å². The summed E-state index contributed by atoms with van der Waals surface area (Å²) < 4.78 is 10.3. The lowest BCUT2D eigenvalue weighted by Gasteiger charge is -2.30. The Morgan fingerprint density at radius 2 is 1.89 bits per heavy atom. The number of amides is 1. The van der Waals surface area contributed by atoms with E-state index in [2.05, 4.69) is 34.8 Å². The van der Waals surface area contributed by atoms with Crippen molar-refractivity contribution >= 4 is 36.0 Å². The molecule has 1 aliphatic carbocycles. The fourth-order valence-electron chi connectivity index (χ4n) is 3.77. The van der Waals surface area contributed by atoms with Gasteiger partial charge in [0.25, 0.3) is 0 Å². The number of guanidine groups is 1. The van der Waals surface area contributed by atoms with E-state index in [1.165, 1.54) is 25.7 Å². The van der Waals surface area contributed by atoms with E-state index in [1.807, 2.05) is 6.92 Å². The van der Waals surface area contributed by atoms with E-state index in [-0.39, 0.29) is 36.1 Å². The van der Waals surface area contributed by atoms with Crippen molar-refractivity contribution in [3.05, 3.63) is 0 Å². The van der Waals surface area contributed by atoms with Crippen LogP contribution in [0.4, 0.5) is 4.79 Å². The highest BCUT2D eigenvalue weighted by atomic mass is 127. The number of nitrogens with one attached hydrogen (secondary N) is 3. The van der Waals surface area contributed by atoms with Crippen molar-refractivity contribution in [2.45, 2.75) is 65.3 Å². The molecular weight excluding hydrogens is 471 g/mol. The lowest BCUT2D eigenvalue weighted by Crippen LogP contribution is -2.49. The van der Waals surface area contributed by atoms with Gasteiger partial charge in [-0.2, -0.15) is 0 Å². The first-order valence-corrected chi connectivity index (χ1v) is 10.3. The molecule has 1 aliphatic rings. The molecule has 0 bridgehead atoms. The van der Waals surface area contributed by atoms with Crippen molar-refractivity contribution in [1.82, 2.24) is 16.0 Å². The van der Waals surface area contributed by atoms with Crippen molar-refractivity contribution in [3.8, 4) is 0 Å². The minimum Gasteiger partial charge on any atom is -0.450 e. The van der Waals surface area contributed by atoms with Crippen LogP contribution in [0.1, 0.15) is 59.3 Å². The molecule has 0 aromatic heterocycles. The van der Waals surface area contributed by atoms with E-state index in [0.29, 0.717) is 24.5 Å². The second-order valence-electron chi connectivity index (χ2n) is 7.95. The van der Waals surface area contributed by atoms with Gasteiger partial charge in [-0.1, -0.05) is 26.7 Å². The number of ether oxygens (including phenoxy) is 2. The summed E-state index contributed by atoms with van der Waals surface area (Å²) in [7, 11) is 3.55. The molecule has 0 saturated heterocycles. The summed E-state index contributed by atoms with van der Waals surface area (Å²) in [6, 6.07) is -0.00321. The average molecular weight is 512 g/mol. The Labute approximate surface area is 188 Å². The standard InChI is InChI=1S/C20H40N4O3.HI/c1-6-27-19(25)24-17(13-16(2)3)14-22-18(21-4)23-15-20(11-12-26-5)9-7-8-10-20;/h16-17H,6-15H2,1-5H3,(H,24,25)(H2,21,22,23);1H. The van der Waals surface area contributed by atoms with Crippen LogP contribution in [0.2, 0.25) is 0 Å². The van der Waals surface area contributed by atoms with Gasteiger partial charge >= 0.3 is 6.09 Å². The molecule has 0 aromatic carbocycles. The van der Waals surface area contributed by atoms with Gasteiger partial charge in [-0.05, 0) is 43.9 Å². The molecule has 0 spiro atoms. The number of carbonyl (C=O) groups is 1. The van der Waals surface area contributed by atoms with Gasteiger partial charge in [0.05, 0.1) is 6.61 Å². The van der Waals surface area contributed by atoms with Gasteiger partial charge in [0.2, 0.25) is 0 Å². The van der Waals surface area contributed by atoms with Crippen molar-refractivity contribution in [2.24, 2.45) is 16.3 Å². The van der Waals surface area contributed by atoms with Crippen LogP contribution in [0, 0.1) is 11.3 Å². The number of hydrogen-bond acceptors (Lipinski definition) is 4. The molecule has 0 aromatic rings. The van der Waals surface area contributed by atoms with E-state index >= 15 is 0 Å². The number of halogens is 1. The molecule has 3 N–H and O–H groups in total. The molecule has 1 atom stereocenters. The van der Waals surface area contributed by atoms with Gasteiger partial charge in [-0.3, -0.25) is 4.99 Å². The van der Waals surface area contributed by atoms with Crippen LogP contribution < -0.4 is 16.0 Å². The van der Waals surface area contributed by atoms with Crippen molar-refractivity contribution in [2.75, 3.05) is 40.5 Å². The Balaban J connectivity index is 0.00000729. The predicted octanol–water partition coefficient (Wildman–Crippen LogP) is 3.53. The molecular formula is C20H41IN4O3. The Morgan fingerprint density at radius 1 is 1.21 bits per heavy atom. The Morgan fingerprint density at radius 3 is 2.43 bits per heavy atom. The molecule has 0 heterocycles. The predicted molar refractivity (Wildman–Crippen MR) is 126 cm³/mol. The minimum absolute atomic E-state index is 0. The molecule has 8 heteroatoms. The zero-order chi connectivity index (χ0) is 20.1. The van der Waals surface area contributed by atoms with Crippen LogP contribution in [0.15, 0.2) is 4.99 Å². The highest BCUT2D eigenvalue weighted by Gasteiger charge is 2.33. The van der Waals surface area contributed by atoms with E-state index in [1.54, 1.807) is 14.2 Å². The lowest BCUT2D eigenvalue weighted by molar-refractivity contribution is 0.138. The molecule has 1 rings (SSSR count). The fourth-order valence-corrected chi connectivity index (χ4v) is 3.77. The second kappa shape index (κ2) is 15.1. The third-order valence-electron chi connectivity index (χ3n) is 5.22. The first-order chi connectivity index (χ1) is 12.9. The summed E-state index contributed by atoms with van der Waals surface area (Å²) in [6.07, 6.45) is 6.64. The largest absolute Gasteiger partial charge is 0.450 e. The van der Waals surface area contributed by atoms with Crippen LogP contribution >= 0.6 is 24.0 Å². The van der Waals surface area contributed by atoms with Gasteiger partial charge in [0, 0.05) is 39.9 Å². The molecule has 28 heavy (non-hydrogen) atoms.